The lowest BCUT2D eigenvalue weighted by atomic mass is 10.1. The fourth-order valence-corrected chi connectivity index (χ4v) is 3.04. The molecule has 2 N–H and O–H groups in total. The van der Waals surface area contributed by atoms with Crippen LogP contribution in [-0.2, 0) is 23.7 Å². The topological polar surface area (TPSA) is 150 Å². The van der Waals surface area contributed by atoms with Crippen molar-refractivity contribution in [2.24, 2.45) is 0 Å². The molecule has 1 heterocycles. The summed E-state index contributed by atoms with van der Waals surface area (Å²) in [5, 5.41) is 2.44. The average molecular weight is 460 g/mol. The first-order valence-electron chi connectivity index (χ1n) is 9.77. The number of rotatable bonds is 8. The Bertz CT molecular complexity index is 1070. The van der Waals surface area contributed by atoms with E-state index in [1.165, 1.54) is 32.4 Å². The third kappa shape index (κ3) is 5.97. The van der Waals surface area contributed by atoms with E-state index in [9.17, 15) is 24.0 Å². The molecule has 1 aromatic heterocycles. The van der Waals surface area contributed by atoms with Crippen LogP contribution in [0.15, 0.2) is 18.2 Å². The normalized spacial score (nSPS) is 10.2. The van der Waals surface area contributed by atoms with Crippen molar-refractivity contribution < 1.29 is 42.9 Å². The van der Waals surface area contributed by atoms with Gasteiger partial charge in [0, 0.05) is 11.4 Å². The zero-order valence-electron chi connectivity index (χ0n) is 18.8. The molecule has 0 spiro atoms. The van der Waals surface area contributed by atoms with E-state index in [4.69, 9.17) is 9.47 Å². The smallest absolute Gasteiger partial charge is 0.355 e. The molecule has 0 fully saturated rings. The van der Waals surface area contributed by atoms with Crippen LogP contribution in [-0.4, -0.2) is 62.2 Å². The van der Waals surface area contributed by atoms with Crippen molar-refractivity contribution in [2.75, 3.05) is 32.8 Å². The molecule has 0 saturated heterocycles. The van der Waals surface area contributed by atoms with Crippen molar-refractivity contribution in [1.82, 2.24) is 4.98 Å². The number of aromatic nitrogens is 1. The lowest BCUT2D eigenvalue weighted by molar-refractivity contribution is -0.119. The number of nitrogens with one attached hydrogen (secondary N) is 2. The van der Waals surface area contributed by atoms with Crippen molar-refractivity contribution in [3.05, 3.63) is 51.8 Å². The second-order valence-electron chi connectivity index (χ2n) is 6.75. The highest BCUT2D eigenvalue weighted by molar-refractivity contribution is 6.01. The molecular formula is C22H24N2O9. The van der Waals surface area contributed by atoms with Gasteiger partial charge in [-0.15, -0.1) is 0 Å². The molecule has 1 amide bonds. The number of anilines is 1. The first-order valence-corrected chi connectivity index (χ1v) is 9.77. The van der Waals surface area contributed by atoms with E-state index in [2.05, 4.69) is 19.8 Å². The van der Waals surface area contributed by atoms with E-state index >= 15 is 0 Å². The van der Waals surface area contributed by atoms with E-state index in [0.717, 1.165) is 0 Å². The molecule has 0 radical (unpaired) electrons. The lowest BCUT2D eigenvalue weighted by Crippen LogP contribution is -2.22. The van der Waals surface area contributed by atoms with Gasteiger partial charge in [0.05, 0.1) is 37.5 Å². The van der Waals surface area contributed by atoms with Crippen molar-refractivity contribution in [1.29, 1.82) is 0 Å². The molecule has 0 bridgehead atoms. The number of H-pyrrole nitrogens is 1. The number of benzene rings is 1. The standard InChI is InChI=1S/C22H24N2O9/c1-6-32-21(28)17-11(2)18(23-12(17)3)22(29)33-10-16(25)24-15-8-13(19(26)30-4)7-14(9-15)20(27)31-5/h7-9,23H,6,10H2,1-5H3,(H,24,25). The highest BCUT2D eigenvalue weighted by Gasteiger charge is 2.24. The van der Waals surface area contributed by atoms with E-state index < -0.39 is 36.4 Å². The number of carbonyl (C=O) groups is 5. The Morgan fingerprint density at radius 2 is 1.42 bits per heavy atom. The van der Waals surface area contributed by atoms with Gasteiger partial charge in [-0.1, -0.05) is 0 Å². The molecule has 0 aliphatic carbocycles. The van der Waals surface area contributed by atoms with Crippen molar-refractivity contribution in [2.45, 2.75) is 20.8 Å². The van der Waals surface area contributed by atoms with E-state index in [-0.39, 0.29) is 34.7 Å². The van der Waals surface area contributed by atoms with E-state index in [0.29, 0.717) is 11.3 Å². The van der Waals surface area contributed by atoms with Gasteiger partial charge < -0.3 is 29.2 Å². The zero-order chi connectivity index (χ0) is 24.7. The number of methoxy groups -OCH3 is 2. The summed E-state index contributed by atoms with van der Waals surface area (Å²) in [4.78, 5) is 63.2. The van der Waals surface area contributed by atoms with Crippen LogP contribution in [0.2, 0.25) is 0 Å². The molecule has 11 heteroatoms. The van der Waals surface area contributed by atoms with Gasteiger partial charge in [-0.3, -0.25) is 4.79 Å². The maximum atomic E-state index is 12.4. The van der Waals surface area contributed by atoms with Crippen LogP contribution in [0, 0.1) is 13.8 Å². The highest BCUT2D eigenvalue weighted by Crippen LogP contribution is 2.20. The van der Waals surface area contributed by atoms with E-state index in [1.54, 1.807) is 20.8 Å². The van der Waals surface area contributed by atoms with Crippen LogP contribution in [0.25, 0.3) is 0 Å². The van der Waals surface area contributed by atoms with Gasteiger partial charge in [-0.2, -0.15) is 0 Å². The molecule has 11 nitrogen and oxygen atoms in total. The second-order valence-corrected chi connectivity index (χ2v) is 6.75. The summed E-state index contributed by atoms with van der Waals surface area (Å²) in [7, 11) is 2.34. The van der Waals surface area contributed by atoms with Gasteiger partial charge in [0.15, 0.2) is 6.61 Å². The quantitative estimate of drug-likeness (QED) is 0.446. The number of hydrogen-bond donors (Lipinski definition) is 2. The predicted molar refractivity (Wildman–Crippen MR) is 114 cm³/mol. The summed E-state index contributed by atoms with van der Waals surface area (Å²) < 4.78 is 19.3. The van der Waals surface area contributed by atoms with Crippen LogP contribution in [0.5, 0.6) is 0 Å². The molecular weight excluding hydrogens is 436 g/mol. The second kappa shape index (κ2) is 10.9. The molecule has 1 aromatic carbocycles. The first kappa shape index (κ1) is 25.1. The Morgan fingerprint density at radius 3 is 1.94 bits per heavy atom. The largest absolute Gasteiger partial charge is 0.465 e. The molecule has 33 heavy (non-hydrogen) atoms. The first-order chi connectivity index (χ1) is 15.6. The Labute approximate surface area is 189 Å². The Kier molecular flexibility index (Phi) is 8.32. The zero-order valence-corrected chi connectivity index (χ0v) is 18.8. The highest BCUT2D eigenvalue weighted by atomic mass is 16.5. The van der Waals surface area contributed by atoms with Crippen LogP contribution in [0.4, 0.5) is 5.69 Å². The minimum absolute atomic E-state index is 0.0108. The number of amides is 1. The molecule has 2 rings (SSSR count). The van der Waals surface area contributed by atoms with Gasteiger partial charge in [0.2, 0.25) is 0 Å². The van der Waals surface area contributed by atoms with Crippen LogP contribution in [0.3, 0.4) is 0 Å². The predicted octanol–water partition coefficient (Wildman–Crippen LogP) is 2.18. The minimum Gasteiger partial charge on any atom is -0.465 e. The van der Waals surface area contributed by atoms with E-state index in [1.807, 2.05) is 0 Å². The SMILES string of the molecule is CCOC(=O)c1c(C)[nH]c(C(=O)OCC(=O)Nc2cc(C(=O)OC)cc(C(=O)OC)c2)c1C. The number of carbonyl (C=O) groups excluding carboxylic acids is 5. The minimum atomic E-state index is -0.847. The monoisotopic (exact) mass is 460 g/mol. The molecule has 0 aliphatic heterocycles. The van der Waals surface area contributed by atoms with Gasteiger partial charge in [0.25, 0.3) is 5.91 Å². The lowest BCUT2D eigenvalue weighted by Gasteiger charge is -2.10. The van der Waals surface area contributed by atoms with Gasteiger partial charge in [0.1, 0.15) is 5.69 Å². The van der Waals surface area contributed by atoms with Crippen LogP contribution >= 0.6 is 0 Å². The summed E-state index contributed by atoms with van der Waals surface area (Å²) >= 11 is 0. The number of hydrogen-bond acceptors (Lipinski definition) is 9. The number of esters is 4. The van der Waals surface area contributed by atoms with Gasteiger partial charge in [-0.05, 0) is 44.5 Å². The van der Waals surface area contributed by atoms with Gasteiger partial charge in [-0.25, -0.2) is 19.2 Å². The molecule has 0 aliphatic rings. The maximum Gasteiger partial charge on any atom is 0.355 e. The third-order valence-corrected chi connectivity index (χ3v) is 4.51. The van der Waals surface area contributed by atoms with Crippen molar-refractivity contribution >= 4 is 35.5 Å². The summed E-state index contributed by atoms with van der Waals surface area (Å²) in [6, 6.07) is 3.84. The number of aromatic amines is 1. The Balaban J connectivity index is 2.12. The average Bonchev–Trinajstić information content (AvgIpc) is 3.10. The molecule has 0 saturated carbocycles. The fraction of sp³-hybridized carbons (Fsp3) is 0.318. The fourth-order valence-electron chi connectivity index (χ4n) is 3.04. The molecule has 0 unspecified atom stereocenters. The van der Waals surface area contributed by atoms with Crippen molar-refractivity contribution in [3.63, 3.8) is 0 Å². The van der Waals surface area contributed by atoms with Crippen molar-refractivity contribution in [3.8, 4) is 0 Å². The molecule has 0 atom stereocenters. The summed E-state index contributed by atoms with van der Waals surface area (Å²) in [5.74, 6) is -3.60. The summed E-state index contributed by atoms with van der Waals surface area (Å²) in [5.41, 5.74) is 1.12. The van der Waals surface area contributed by atoms with Gasteiger partial charge >= 0.3 is 23.9 Å². The van der Waals surface area contributed by atoms with Crippen LogP contribution in [0.1, 0.15) is 59.7 Å². The number of aryl methyl sites for hydroxylation is 1. The Morgan fingerprint density at radius 1 is 0.848 bits per heavy atom. The Hall–Kier alpha value is -4.15. The molecule has 176 valence electrons. The summed E-state index contributed by atoms with van der Waals surface area (Å²) in [6.07, 6.45) is 0. The molecule has 2 aromatic rings. The third-order valence-electron chi connectivity index (χ3n) is 4.51. The van der Waals surface area contributed by atoms with Crippen LogP contribution < -0.4 is 5.32 Å². The summed E-state index contributed by atoms with van der Waals surface area (Å²) in [6.45, 7) is 4.34. The maximum absolute atomic E-state index is 12.4. The number of ether oxygens (including phenoxy) is 4.